The van der Waals surface area contributed by atoms with Gasteiger partial charge in [-0.25, -0.2) is 0 Å². The van der Waals surface area contributed by atoms with Crippen molar-refractivity contribution in [3.63, 3.8) is 0 Å². The molecule has 0 saturated heterocycles. The fraction of sp³-hybridized carbons (Fsp3) is 0.111. The number of halogens is 3. The molecule has 0 aliphatic heterocycles. The summed E-state index contributed by atoms with van der Waals surface area (Å²) in [5.74, 6) is 0. The van der Waals surface area contributed by atoms with E-state index < -0.39 is 11.1 Å². The van der Waals surface area contributed by atoms with E-state index >= 15 is 0 Å². The maximum Gasteiger partial charge on any atom is 0.427 e. The highest BCUT2D eigenvalue weighted by Crippen LogP contribution is 2.41. The van der Waals surface area contributed by atoms with Gasteiger partial charge in [0.25, 0.3) is 0 Å². The number of aromatic nitrogens is 3. The first-order valence-electron chi connectivity index (χ1n) is 4.50. The van der Waals surface area contributed by atoms with Crippen LogP contribution in [-0.4, -0.2) is 14.3 Å². The number of H-pyrrole nitrogens is 1. The predicted octanol–water partition coefficient (Wildman–Crippen LogP) is 3.30. The van der Waals surface area contributed by atoms with E-state index in [9.17, 15) is 13.2 Å². The number of hydrogen-bond donors (Lipinski definition) is 1. The number of nitrogens with zero attached hydrogens (tertiary/aromatic N) is 2. The molecule has 3 rings (SSSR count). The lowest BCUT2D eigenvalue weighted by Crippen LogP contribution is -2.03. The molecule has 17 heavy (non-hydrogen) atoms. The van der Waals surface area contributed by atoms with Crippen molar-refractivity contribution >= 4 is 22.8 Å². The Morgan fingerprint density at radius 3 is 2.88 bits per heavy atom. The summed E-state index contributed by atoms with van der Waals surface area (Å²) < 4.78 is 46.8. The van der Waals surface area contributed by atoms with Crippen LogP contribution in [0, 0.1) is 0 Å². The molecule has 0 fully saturated rings. The van der Waals surface area contributed by atoms with Crippen molar-refractivity contribution in [1.29, 1.82) is 0 Å². The zero-order valence-corrected chi connectivity index (χ0v) is 8.89. The first-order valence-corrected chi connectivity index (χ1v) is 5.27. The second-order valence-corrected chi connectivity index (χ2v) is 4.10. The minimum absolute atomic E-state index is 0.00509. The molecule has 3 aromatic rings. The summed E-state index contributed by atoms with van der Waals surface area (Å²) in [5, 5.41) is 0. The molecule has 0 aromatic carbocycles. The highest BCUT2D eigenvalue weighted by molar-refractivity contribution is 7.06. The van der Waals surface area contributed by atoms with Crippen LogP contribution >= 0.6 is 11.5 Å². The fourth-order valence-electron chi connectivity index (χ4n) is 1.58. The van der Waals surface area contributed by atoms with Crippen molar-refractivity contribution in [2.24, 2.45) is 0 Å². The molecule has 4 nitrogen and oxygen atoms in total. The van der Waals surface area contributed by atoms with Gasteiger partial charge in [0, 0.05) is 23.5 Å². The Morgan fingerprint density at radius 2 is 2.12 bits per heavy atom. The molecule has 0 atom stereocenters. The zero-order valence-electron chi connectivity index (χ0n) is 8.08. The van der Waals surface area contributed by atoms with E-state index in [0.29, 0.717) is 28.3 Å². The first kappa shape index (κ1) is 10.3. The van der Waals surface area contributed by atoms with E-state index in [-0.39, 0.29) is 5.56 Å². The Kier molecular flexibility index (Phi) is 2.02. The Labute approximate surface area is 96.3 Å². The largest absolute Gasteiger partial charge is 0.441 e. The smallest absolute Gasteiger partial charge is 0.427 e. The predicted molar refractivity (Wildman–Crippen MR) is 54.5 cm³/mol. The standard InChI is InChI=1S/C9H4F3N3OS/c10-9(11,12)7-5(2-15-17-7)4-1-13-8-6(4)16-3-14-8/h1-3,13H. The quantitative estimate of drug-likeness (QED) is 0.729. The number of aromatic amines is 1. The third kappa shape index (κ3) is 1.52. The van der Waals surface area contributed by atoms with Gasteiger partial charge in [-0.05, 0) is 11.5 Å². The number of alkyl halides is 3. The van der Waals surface area contributed by atoms with Gasteiger partial charge in [-0.2, -0.15) is 22.5 Å². The Bertz CT molecular complexity index is 666. The van der Waals surface area contributed by atoms with Crippen LogP contribution in [0.15, 0.2) is 23.2 Å². The molecule has 3 aromatic heterocycles. The van der Waals surface area contributed by atoms with Crippen molar-refractivity contribution in [1.82, 2.24) is 14.3 Å². The summed E-state index contributed by atoms with van der Waals surface area (Å²) in [6, 6.07) is 0. The number of hydrogen-bond acceptors (Lipinski definition) is 4. The summed E-state index contributed by atoms with van der Waals surface area (Å²) in [7, 11) is 0. The van der Waals surface area contributed by atoms with E-state index in [1.807, 2.05) is 0 Å². The molecule has 8 heteroatoms. The van der Waals surface area contributed by atoms with Gasteiger partial charge in [0.2, 0.25) is 0 Å². The maximum atomic E-state index is 12.7. The number of nitrogens with one attached hydrogen (secondary N) is 1. The van der Waals surface area contributed by atoms with E-state index in [1.165, 1.54) is 18.8 Å². The third-order valence-electron chi connectivity index (χ3n) is 2.28. The topological polar surface area (TPSA) is 54.7 Å². The Morgan fingerprint density at radius 1 is 1.29 bits per heavy atom. The van der Waals surface area contributed by atoms with E-state index in [0.717, 1.165) is 0 Å². The summed E-state index contributed by atoms with van der Waals surface area (Å²) in [6.45, 7) is 0. The Hall–Kier alpha value is -1.83. The summed E-state index contributed by atoms with van der Waals surface area (Å²) in [5.41, 5.74) is 1.04. The maximum absolute atomic E-state index is 12.7. The van der Waals surface area contributed by atoms with Crippen LogP contribution in [0.25, 0.3) is 22.4 Å². The molecule has 1 N–H and O–H groups in total. The van der Waals surface area contributed by atoms with Gasteiger partial charge in [-0.3, -0.25) is 0 Å². The van der Waals surface area contributed by atoms with Crippen LogP contribution in [0.1, 0.15) is 4.88 Å². The molecule has 0 aliphatic rings. The molecule has 0 spiro atoms. The van der Waals surface area contributed by atoms with Crippen molar-refractivity contribution < 1.29 is 17.6 Å². The molecule has 0 saturated carbocycles. The average Bonchev–Trinajstić information content (AvgIpc) is 2.90. The molecule has 3 heterocycles. The van der Waals surface area contributed by atoms with Crippen LogP contribution in [0.4, 0.5) is 13.2 Å². The lowest BCUT2D eigenvalue weighted by molar-refractivity contribution is -0.133. The lowest BCUT2D eigenvalue weighted by Gasteiger charge is -2.04. The van der Waals surface area contributed by atoms with Crippen molar-refractivity contribution in [2.75, 3.05) is 0 Å². The van der Waals surface area contributed by atoms with E-state index in [4.69, 9.17) is 4.42 Å². The van der Waals surface area contributed by atoms with Crippen molar-refractivity contribution in [3.8, 4) is 11.1 Å². The third-order valence-corrected chi connectivity index (χ3v) is 3.13. The minimum Gasteiger partial charge on any atom is -0.441 e. The second-order valence-electron chi connectivity index (χ2n) is 3.30. The lowest BCUT2D eigenvalue weighted by atomic mass is 10.1. The molecule has 0 amide bonds. The highest BCUT2D eigenvalue weighted by atomic mass is 32.1. The zero-order chi connectivity index (χ0) is 12.0. The van der Waals surface area contributed by atoms with E-state index in [2.05, 4.69) is 14.3 Å². The molecular formula is C9H4F3N3OS. The van der Waals surface area contributed by atoms with Crippen LogP contribution in [0.5, 0.6) is 0 Å². The minimum atomic E-state index is -4.42. The molecular weight excluding hydrogens is 255 g/mol. The van der Waals surface area contributed by atoms with E-state index in [1.54, 1.807) is 0 Å². The summed E-state index contributed by atoms with van der Waals surface area (Å²) in [4.78, 5) is 5.82. The fourth-order valence-corrected chi connectivity index (χ4v) is 2.21. The van der Waals surface area contributed by atoms with Crippen molar-refractivity contribution in [2.45, 2.75) is 6.18 Å². The van der Waals surface area contributed by atoms with Gasteiger partial charge in [0.15, 0.2) is 17.6 Å². The molecule has 0 bridgehead atoms. The normalized spacial score (nSPS) is 12.4. The van der Waals surface area contributed by atoms with Gasteiger partial charge in [-0.1, -0.05) is 0 Å². The summed E-state index contributed by atoms with van der Waals surface area (Å²) >= 11 is 0.415. The SMILES string of the molecule is FC(F)(F)c1sncc1-c1c[nH]c2ncoc12. The number of oxazole rings is 1. The number of fused-ring (bicyclic) bond motifs is 1. The van der Waals surface area contributed by atoms with Crippen LogP contribution in [-0.2, 0) is 6.18 Å². The first-order chi connectivity index (χ1) is 8.07. The van der Waals surface area contributed by atoms with Crippen LogP contribution in [0.3, 0.4) is 0 Å². The van der Waals surface area contributed by atoms with Gasteiger partial charge < -0.3 is 9.40 Å². The molecule has 0 radical (unpaired) electrons. The second kappa shape index (κ2) is 3.33. The van der Waals surface area contributed by atoms with Gasteiger partial charge >= 0.3 is 6.18 Å². The van der Waals surface area contributed by atoms with Gasteiger partial charge in [0.05, 0.1) is 0 Å². The average molecular weight is 259 g/mol. The molecule has 0 aliphatic carbocycles. The van der Waals surface area contributed by atoms with Crippen LogP contribution in [0.2, 0.25) is 0 Å². The molecule has 88 valence electrons. The monoisotopic (exact) mass is 259 g/mol. The van der Waals surface area contributed by atoms with Gasteiger partial charge in [-0.15, -0.1) is 0 Å². The summed E-state index contributed by atoms with van der Waals surface area (Å²) in [6.07, 6.45) is -0.628. The molecule has 0 unspecified atom stereocenters. The Balaban J connectivity index is 2.24. The highest BCUT2D eigenvalue weighted by Gasteiger charge is 2.37. The van der Waals surface area contributed by atoms with Crippen molar-refractivity contribution in [3.05, 3.63) is 23.7 Å². The van der Waals surface area contributed by atoms with Gasteiger partial charge in [0.1, 0.15) is 4.88 Å². The van der Waals surface area contributed by atoms with Crippen LogP contribution < -0.4 is 0 Å². The number of rotatable bonds is 1.